The van der Waals surface area contributed by atoms with Gasteiger partial charge in [0, 0.05) is 60.4 Å². The third kappa shape index (κ3) is 15.5. The van der Waals surface area contributed by atoms with Gasteiger partial charge in [-0.1, -0.05) is 21.6 Å². The number of nitro benzene ring substituents is 2. The van der Waals surface area contributed by atoms with Crippen molar-refractivity contribution in [2.24, 2.45) is 0 Å². The summed E-state index contributed by atoms with van der Waals surface area (Å²) >= 11 is 0. The maximum atomic E-state index is 13.0. The summed E-state index contributed by atoms with van der Waals surface area (Å²) < 4.78 is 21.9. The second-order valence-electron chi connectivity index (χ2n) is 13.2. The van der Waals surface area contributed by atoms with Gasteiger partial charge in [-0.25, -0.2) is 9.59 Å². The van der Waals surface area contributed by atoms with Crippen molar-refractivity contribution in [3.63, 3.8) is 0 Å². The van der Waals surface area contributed by atoms with Crippen LogP contribution in [-0.2, 0) is 18.9 Å². The van der Waals surface area contributed by atoms with E-state index >= 15 is 0 Å². The number of rotatable bonds is 23. The first-order valence-corrected chi connectivity index (χ1v) is 18.8. The Balaban J connectivity index is 2.01. The standard InChI is InChI=1S/C34H50N6O10S2/c1-39(2,17-7-11-31(35)47-5)19-9-21-49-33(41)27-23-25(13-15-29(27)37(43)44)51-52-26-14-16-30(38(45)46)28(24-26)34(42)50-22-10-20-40(3,4)18-8-12-32(36)48-6/h13-16,23-24,35-36H,7-12,17-22H2,1-6H3/q+2. The van der Waals surface area contributed by atoms with E-state index in [0.29, 0.717) is 57.5 Å². The smallest absolute Gasteiger partial charge is 0.345 e. The lowest BCUT2D eigenvalue weighted by Gasteiger charge is -2.29. The van der Waals surface area contributed by atoms with Crippen molar-refractivity contribution in [2.45, 2.75) is 48.3 Å². The van der Waals surface area contributed by atoms with Crippen LogP contribution in [0.5, 0.6) is 0 Å². The third-order valence-electron chi connectivity index (χ3n) is 8.11. The molecule has 0 aliphatic carbocycles. The largest absolute Gasteiger partial charge is 0.484 e. The first-order chi connectivity index (χ1) is 24.5. The van der Waals surface area contributed by atoms with Gasteiger partial charge in [0.2, 0.25) is 0 Å². The van der Waals surface area contributed by atoms with Crippen LogP contribution in [0, 0.1) is 31.0 Å². The molecule has 52 heavy (non-hydrogen) atoms. The number of nitro groups is 2. The number of hydrogen-bond acceptors (Lipinski definition) is 14. The highest BCUT2D eigenvalue weighted by atomic mass is 33.1. The summed E-state index contributed by atoms with van der Waals surface area (Å²) in [5.74, 6) is -1.20. The van der Waals surface area contributed by atoms with Crippen LogP contribution in [-0.4, -0.2) is 124 Å². The highest BCUT2D eigenvalue weighted by molar-refractivity contribution is 8.76. The average molecular weight is 767 g/mol. The van der Waals surface area contributed by atoms with E-state index in [2.05, 4.69) is 0 Å². The fraction of sp³-hybridized carbons (Fsp3) is 0.529. The van der Waals surface area contributed by atoms with Gasteiger partial charge < -0.3 is 27.9 Å². The van der Waals surface area contributed by atoms with Crippen molar-refractivity contribution in [3.8, 4) is 0 Å². The number of methoxy groups -OCH3 is 2. The lowest BCUT2D eigenvalue weighted by Crippen LogP contribution is -2.41. The number of nitrogens with zero attached hydrogens (tertiary/aromatic N) is 4. The zero-order valence-electron chi connectivity index (χ0n) is 30.6. The fourth-order valence-electron chi connectivity index (χ4n) is 5.11. The number of nitrogens with one attached hydrogen (secondary N) is 2. The van der Waals surface area contributed by atoms with Gasteiger partial charge in [-0.15, -0.1) is 0 Å². The zero-order valence-corrected chi connectivity index (χ0v) is 32.3. The van der Waals surface area contributed by atoms with Gasteiger partial charge >= 0.3 is 11.9 Å². The molecule has 2 N–H and O–H groups in total. The van der Waals surface area contributed by atoms with Gasteiger partial charge in [-0.3, -0.25) is 31.0 Å². The topological polar surface area (TPSA) is 205 Å². The van der Waals surface area contributed by atoms with Crippen molar-refractivity contribution in [1.29, 1.82) is 10.8 Å². The normalized spacial score (nSPS) is 11.4. The predicted molar refractivity (Wildman–Crippen MR) is 199 cm³/mol. The van der Waals surface area contributed by atoms with E-state index in [-0.39, 0.29) is 36.1 Å². The van der Waals surface area contributed by atoms with Crippen LogP contribution in [0.4, 0.5) is 11.4 Å². The van der Waals surface area contributed by atoms with Gasteiger partial charge in [0.15, 0.2) is 11.8 Å². The first kappa shape index (κ1) is 43.9. The van der Waals surface area contributed by atoms with Gasteiger partial charge in [0.05, 0.1) is 91.6 Å². The first-order valence-electron chi connectivity index (χ1n) is 16.6. The second kappa shape index (κ2) is 21.3. The molecule has 0 amide bonds. The van der Waals surface area contributed by atoms with E-state index in [9.17, 15) is 29.8 Å². The number of esters is 2. The van der Waals surface area contributed by atoms with E-state index in [1.54, 1.807) is 0 Å². The molecule has 2 rings (SSSR count). The Hall–Kier alpha value is -4.26. The molecule has 2 aromatic carbocycles. The summed E-state index contributed by atoms with van der Waals surface area (Å²) in [6.07, 6.45) is 3.66. The maximum Gasteiger partial charge on any atom is 0.345 e. The molecule has 2 aromatic rings. The number of carbonyl (C=O) groups excluding carboxylic acids is 2. The molecule has 0 aliphatic heterocycles. The van der Waals surface area contributed by atoms with Gasteiger partial charge in [-0.05, 0) is 24.3 Å². The molecule has 18 heteroatoms. The lowest BCUT2D eigenvalue weighted by atomic mass is 10.2. The Bertz CT molecular complexity index is 1470. The summed E-state index contributed by atoms with van der Waals surface area (Å²) in [6, 6.07) is 8.15. The molecule has 0 atom stereocenters. The van der Waals surface area contributed by atoms with Crippen LogP contribution < -0.4 is 0 Å². The van der Waals surface area contributed by atoms with Crippen LogP contribution in [0.1, 0.15) is 59.2 Å². The third-order valence-corrected chi connectivity index (χ3v) is 10.5. The highest BCUT2D eigenvalue weighted by Gasteiger charge is 2.25. The van der Waals surface area contributed by atoms with E-state index in [0.717, 1.165) is 47.5 Å². The van der Waals surface area contributed by atoms with Crippen molar-refractivity contribution < 1.29 is 47.3 Å². The lowest BCUT2D eigenvalue weighted by molar-refractivity contribution is -0.890. The minimum Gasteiger partial charge on any atom is -0.484 e. The maximum absolute atomic E-state index is 13.0. The molecule has 0 aromatic heterocycles. The monoisotopic (exact) mass is 766 g/mol. The molecule has 0 saturated heterocycles. The zero-order chi connectivity index (χ0) is 38.9. The minimum absolute atomic E-state index is 0.0669. The molecule has 0 radical (unpaired) electrons. The van der Waals surface area contributed by atoms with Crippen LogP contribution in [0.25, 0.3) is 0 Å². The molecule has 0 bridgehead atoms. The van der Waals surface area contributed by atoms with Gasteiger partial charge in [0.25, 0.3) is 11.4 Å². The predicted octanol–water partition coefficient (Wildman–Crippen LogP) is 6.36. The summed E-state index contributed by atoms with van der Waals surface area (Å²) in [5, 5.41) is 38.6. The van der Waals surface area contributed by atoms with Crippen LogP contribution in [0.2, 0.25) is 0 Å². The Morgan fingerprint density at radius 2 is 1.00 bits per heavy atom. The summed E-state index contributed by atoms with van der Waals surface area (Å²) in [7, 11) is 13.4. The van der Waals surface area contributed by atoms with Crippen molar-refractivity contribution in [2.75, 3.05) is 81.8 Å². The van der Waals surface area contributed by atoms with Crippen LogP contribution in [0.15, 0.2) is 46.2 Å². The Labute approximate surface area is 312 Å². The SMILES string of the molecule is COC(=N)CCC[N+](C)(C)CCCOC(=O)c1cc(SSc2ccc([N+](=O)[O-])c(C(=O)OCCC[N+](C)(C)CCCC(=N)OC)c2)ccc1[N+](=O)[O-]. The van der Waals surface area contributed by atoms with Crippen LogP contribution in [0.3, 0.4) is 0 Å². The molecule has 286 valence electrons. The summed E-state index contributed by atoms with van der Waals surface area (Å²) in [6.45, 7) is 3.10. The molecule has 0 spiro atoms. The minimum atomic E-state index is -0.827. The van der Waals surface area contributed by atoms with Gasteiger partial charge in [0.1, 0.15) is 11.1 Å². The number of hydrogen-bond donors (Lipinski definition) is 2. The summed E-state index contributed by atoms with van der Waals surface area (Å²) in [4.78, 5) is 49.0. The molecule has 0 unspecified atom stereocenters. The van der Waals surface area contributed by atoms with E-state index < -0.39 is 33.2 Å². The Morgan fingerprint density at radius 1 is 0.654 bits per heavy atom. The number of carbonyl (C=O) groups is 2. The molecule has 0 aliphatic rings. The Morgan fingerprint density at radius 3 is 1.33 bits per heavy atom. The molecular weight excluding hydrogens is 717 g/mol. The molecule has 0 fully saturated rings. The molecule has 16 nitrogen and oxygen atoms in total. The van der Waals surface area contributed by atoms with Gasteiger partial charge in [-0.2, -0.15) is 0 Å². The molecule has 0 heterocycles. The highest BCUT2D eigenvalue weighted by Crippen LogP contribution is 2.40. The van der Waals surface area contributed by atoms with E-state index in [1.165, 1.54) is 50.6 Å². The average Bonchev–Trinajstić information content (AvgIpc) is 3.10. The van der Waals surface area contributed by atoms with Crippen molar-refractivity contribution in [1.82, 2.24) is 0 Å². The number of ether oxygens (including phenoxy) is 4. The number of benzene rings is 2. The fourth-order valence-corrected chi connectivity index (χ4v) is 7.08. The quantitative estimate of drug-likeness (QED) is 0.0185. The number of quaternary nitrogens is 2. The van der Waals surface area contributed by atoms with Crippen molar-refractivity contribution in [3.05, 3.63) is 67.8 Å². The van der Waals surface area contributed by atoms with Crippen molar-refractivity contribution >= 4 is 56.7 Å². The second-order valence-corrected chi connectivity index (χ2v) is 15.5. The Kier molecular flexibility index (Phi) is 18.0. The molecular formula is C34H50N6O10S2+2. The van der Waals surface area contributed by atoms with E-state index in [4.69, 9.17) is 29.8 Å². The van der Waals surface area contributed by atoms with Crippen LogP contribution >= 0.6 is 21.6 Å². The molecule has 0 saturated carbocycles. The van der Waals surface area contributed by atoms with E-state index in [1.807, 2.05) is 28.2 Å². The summed E-state index contributed by atoms with van der Waals surface area (Å²) in [5.41, 5.74) is -1.20.